The molecule has 0 radical (unpaired) electrons. The number of benzene rings is 2. The first-order valence-electron chi connectivity index (χ1n) is 7.92. The third-order valence-electron chi connectivity index (χ3n) is 3.98. The summed E-state index contributed by atoms with van der Waals surface area (Å²) in [5, 5.41) is 6.19. The molecule has 130 valence electrons. The SMILES string of the molecule is CN(Cc1ccc(F)c(F)c1)C(=O)NCCc1csc2ccccc12. The molecule has 6 heteroatoms. The van der Waals surface area contributed by atoms with Gasteiger partial charge in [-0.1, -0.05) is 24.3 Å². The molecule has 0 aliphatic carbocycles. The maximum atomic E-state index is 13.2. The number of nitrogens with zero attached hydrogens (tertiary/aromatic N) is 1. The summed E-state index contributed by atoms with van der Waals surface area (Å²) >= 11 is 1.69. The van der Waals surface area contributed by atoms with Gasteiger partial charge in [0.05, 0.1) is 0 Å². The first-order valence-corrected chi connectivity index (χ1v) is 8.80. The molecule has 0 fully saturated rings. The average Bonchev–Trinajstić information content (AvgIpc) is 3.01. The highest BCUT2D eigenvalue weighted by Gasteiger charge is 2.11. The second-order valence-corrected chi connectivity index (χ2v) is 6.75. The fraction of sp³-hybridized carbons (Fsp3) is 0.211. The second-order valence-electron chi connectivity index (χ2n) is 5.84. The molecule has 1 heterocycles. The van der Waals surface area contributed by atoms with Crippen LogP contribution in [-0.4, -0.2) is 24.5 Å². The van der Waals surface area contributed by atoms with Crippen LogP contribution in [0, 0.1) is 11.6 Å². The molecule has 0 aliphatic rings. The summed E-state index contributed by atoms with van der Waals surface area (Å²) < 4.78 is 27.4. The molecular weight excluding hydrogens is 342 g/mol. The van der Waals surface area contributed by atoms with Crippen molar-refractivity contribution in [3.63, 3.8) is 0 Å². The van der Waals surface area contributed by atoms with Crippen molar-refractivity contribution in [3.05, 3.63) is 70.6 Å². The lowest BCUT2D eigenvalue weighted by atomic mass is 10.1. The molecule has 0 bridgehead atoms. The fourth-order valence-electron chi connectivity index (χ4n) is 2.65. The van der Waals surface area contributed by atoms with Crippen LogP contribution in [0.5, 0.6) is 0 Å². The van der Waals surface area contributed by atoms with E-state index in [1.165, 1.54) is 26.6 Å². The summed E-state index contributed by atoms with van der Waals surface area (Å²) in [6, 6.07) is 11.6. The maximum Gasteiger partial charge on any atom is 0.317 e. The number of thiophene rings is 1. The van der Waals surface area contributed by atoms with E-state index in [2.05, 4.69) is 22.8 Å². The Hall–Kier alpha value is -2.47. The summed E-state index contributed by atoms with van der Waals surface area (Å²) in [6.07, 6.45) is 0.745. The molecule has 0 spiro atoms. The van der Waals surface area contributed by atoms with E-state index in [0.29, 0.717) is 12.1 Å². The fourth-order valence-corrected chi connectivity index (χ4v) is 3.65. The minimum atomic E-state index is -0.907. The topological polar surface area (TPSA) is 32.3 Å². The van der Waals surface area contributed by atoms with Crippen molar-refractivity contribution in [2.24, 2.45) is 0 Å². The number of hydrogen-bond acceptors (Lipinski definition) is 2. The summed E-state index contributed by atoms with van der Waals surface area (Å²) in [7, 11) is 1.62. The van der Waals surface area contributed by atoms with Crippen LogP contribution in [0.3, 0.4) is 0 Å². The Kier molecular flexibility index (Phi) is 5.28. The van der Waals surface area contributed by atoms with Gasteiger partial charge in [-0.15, -0.1) is 11.3 Å². The Bertz CT molecular complexity index is 894. The molecule has 1 aromatic heterocycles. The standard InChI is InChI=1S/C19H18F2N2OS/c1-23(11-13-6-7-16(20)17(21)10-13)19(24)22-9-8-14-12-25-18-5-3-2-4-15(14)18/h2-7,10,12H,8-9,11H2,1H3,(H,22,24). The molecule has 3 aromatic rings. The van der Waals surface area contributed by atoms with Gasteiger partial charge in [0.1, 0.15) is 0 Å². The van der Waals surface area contributed by atoms with Crippen LogP contribution < -0.4 is 5.32 Å². The molecule has 0 saturated heterocycles. The maximum absolute atomic E-state index is 13.2. The molecule has 0 atom stereocenters. The van der Waals surface area contributed by atoms with Crippen LogP contribution in [0.2, 0.25) is 0 Å². The van der Waals surface area contributed by atoms with Crippen molar-refractivity contribution in [1.82, 2.24) is 10.2 Å². The molecule has 3 rings (SSSR count). The third kappa shape index (κ3) is 4.14. The Labute approximate surface area is 148 Å². The van der Waals surface area contributed by atoms with Gasteiger partial charge in [-0.05, 0) is 46.5 Å². The highest BCUT2D eigenvalue weighted by Crippen LogP contribution is 2.25. The molecule has 1 N–H and O–H groups in total. The van der Waals surface area contributed by atoms with Crippen LogP contribution in [0.15, 0.2) is 47.8 Å². The van der Waals surface area contributed by atoms with Crippen molar-refractivity contribution >= 4 is 27.5 Å². The van der Waals surface area contributed by atoms with Gasteiger partial charge in [0.2, 0.25) is 0 Å². The molecule has 3 nitrogen and oxygen atoms in total. The van der Waals surface area contributed by atoms with E-state index in [0.717, 1.165) is 18.6 Å². The van der Waals surface area contributed by atoms with Crippen molar-refractivity contribution < 1.29 is 13.6 Å². The third-order valence-corrected chi connectivity index (χ3v) is 4.99. The summed E-state index contributed by atoms with van der Waals surface area (Å²) in [6.45, 7) is 0.728. The molecule has 0 saturated carbocycles. The Morgan fingerprint density at radius 2 is 1.96 bits per heavy atom. The van der Waals surface area contributed by atoms with E-state index in [4.69, 9.17) is 0 Å². The summed E-state index contributed by atoms with van der Waals surface area (Å²) in [5.74, 6) is -1.80. The molecule has 2 aromatic carbocycles. The van der Waals surface area contributed by atoms with Gasteiger partial charge in [-0.2, -0.15) is 0 Å². The van der Waals surface area contributed by atoms with E-state index >= 15 is 0 Å². The van der Waals surface area contributed by atoms with Crippen molar-refractivity contribution in [1.29, 1.82) is 0 Å². The van der Waals surface area contributed by atoms with Crippen LogP contribution >= 0.6 is 11.3 Å². The highest BCUT2D eigenvalue weighted by molar-refractivity contribution is 7.17. The van der Waals surface area contributed by atoms with E-state index < -0.39 is 11.6 Å². The van der Waals surface area contributed by atoms with Gasteiger partial charge in [0.25, 0.3) is 0 Å². The van der Waals surface area contributed by atoms with E-state index in [-0.39, 0.29) is 12.6 Å². The number of carbonyl (C=O) groups excluding carboxylic acids is 1. The second kappa shape index (κ2) is 7.61. The van der Waals surface area contributed by atoms with Crippen LogP contribution in [0.1, 0.15) is 11.1 Å². The number of fused-ring (bicyclic) bond motifs is 1. The first-order chi connectivity index (χ1) is 12.0. The van der Waals surface area contributed by atoms with Gasteiger partial charge < -0.3 is 10.2 Å². The van der Waals surface area contributed by atoms with Gasteiger partial charge >= 0.3 is 6.03 Å². The predicted octanol–water partition coefficient (Wildman–Crippen LogP) is 4.56. The van der Waals surface area contributed by atoms with Gasteiger partial charge in [-0.3, -0.25) is 0 Å². The van der Waals surface area contributed by atoms with Crippen molar-refractivity contribution in [3.8, 4) is 0 Å². The number of nitrogens with one attached hydrogen (secondary N) is 1. The van der Waals surface area contributed by atoms with Crippen molar-refractivity contribution in [2.75, 3.05) is 13.6 Å². The quantitative estimate of drug-likeness (QED) is 0.711. The lowest BCUT2D eigenvalue weighted by molar-refractivity contribution is 0.207. The van der Waals surface area contributed by atoms with Crippen molar-refractivity contribution in [2.45, 2.75) is 13.0 Å². The van der Waals surface area contributed by atoms with Crippen LogP contribution in [0.4, 0.5) is 13.6 Å². The number of carbonyl (C=O) groups is 1. The van der Waals surface area contributed by atoms with E-state index in [9.17, 15) is 13.6 Å². The van der Waals surface area contributed by atoms with Gasteiger partial charge in [0.15, 0.2) is 11.6 Å². The minimum absolute atomic E-state index is 0.213. The highest BCUT2D eigenvalue weighted by atomic mass is 32.1. The summed E-state index contributed by atoms with van der Waals surface area (Å²) in [5.41, 5.74) is 1.75. The van der Waals surface area contributed by atoms with Crippen LogP contribution in [-0.2, 0) is 13.0 Å². The molecule has 2 amide bonds. The number of halogens is 2. The molecular formula is C19H18F2N2OS. The summed E-state index contributed by atoms with van der Waals surface area (Å²) in [4.78, 5) is 13.6. The van der Waals surface area contributed by atoms with Crippen LogP contribution in [0.25, 0.3) is 10.1 Å². The lowest BCUT2D eigenvalue weighted by Crippen LogP contribution is -2.37. The average molecular weight is 360 g/mol. The zero-order chi connectivity index (χ0) is 17.8. The number of rotatable bonds is 5. The lowest BCUT2D eigenvalue weighted by Gasteiger charge is -2.18. The smallest absolute Gasteiger partial charge is 0.317 e. The Morgan fingerprint density at radius 1 is 1.16 bits per heavy atom. The number of hydrogen-bond donors (Lipinski definition) is 1. The largest absolute Gasteiger partial charge is 0.338 e. The monoisotopic (exact) mass is 360 g/mol. The van der Waals surface area contributed by atoms with E-state index in [1.807, 2.05) is 12.1 Å². The Balaban J connectivity index is 1.52. The molecule has 0 unspecified atom stereocenters. The minimum Gasteiger partial charge on any atom is -0.338 e. The zero-order valence-electron chi connectivity index (χ0n) is 13.8. The number of urea groups is 1. The van der Waals surface area contributed by atoms with Gasteiger partial charge in [-0.25, -0.2) is 13.6 Å². The Morgan fingerprint density at radius 3 is 2.76 bits per heavy atom. The van der Waals surface area contributed by atoms with Gasteiger partial charge in [0, 0.05) is 24.8 Å². The number of amides is 2. The molecule has 0 aliphatic heterocycles. The normalized spacial score (nSPS) is 10.8. The van der Waals surface area contributed by atoms with E-state index in [1.54, 1.807) is 18.4 Å². The predicted molar refractivity (Wildman–Crippen MR) is 96.8 cm³/mol. The first kappa shape index (κ1) is 17.4. The zero-order valence-corrected chi connectivity index (χ0v) is 14.6. The molecule has 25 heavy (non-hydrogen) atoms.